The van der Waals surface area contributed by atoms with E-state index >= 15 is 0 Å². The molecule has 208 valence electrons. The molecule has 0 amide bonds. The minimum Gasteiger partial charge on any atom is -0.379 e. The second kappa shape index (κ2) is 10.2. The molecule has 2 saturated heterocycles. The maximum Gasteiger partial charge on any atom is 0.283 e. The molecule has 2 N–H and O–H groups in total. The summed E-state index contributed by atoms with van der Waals surface area (Å²) in [6, 6.07) is 9.84. The molecule has 40 heavy (non-hydrogen) atoms. The fraction of sp³-hybridized carbons (Fsp3) is 0.414. The number of rotatable bonds is 7. The zero-order valence-electron chi connectivity index (χ0n) is 21.9. The Labute approximate surface area is 229 Å². The molecule has 0 bridgehead atoms. The molecule has 3 aliphatic rings. The van der Waals surface area contributed by atoms with Gasteiger partial charge in [-0.05, 0) is 54.3 Å². The van der Waals surface area contributed by atoms with Crippen molar-refractivity contribution in [1.29, 1.82) is 0 Å². The van der Waals surface area contributed by atoms with Gasteiger partial charge in [-0.2, -0.15) is 0 Å². The highest BCUT2D eigenvalue weighted by molar-refractivity contribution is 5.75. The molecule has 0 radical (unpaired) electrons. The second-order valence-electron chi connectivity index (χ2n) is 10.9. The first kappa shape index (κ1) is 25.5. The first-order valence-electron chi connectivity index (χ1n) is 13.7. The summed E-state index contributed by atoms with van der Waals surface area (Å²) in [5, 5.41) is 11.0. The molecule has 9 nitrogen and oxygen atoms in total. The fourth-order valence-electron chi connectivity index (χ4n) is 5.57. The van der Waals surface area contributed by atoms with Crippen molar-refractivity contribution in [3.63, 3.8) is 0 Å². The summed E-state index contributed by atoms with van der Waals surface area (Å²) in [5.74, 6) is 0.186. The number of benzene rings is 1. The zero-order chi connectivity index (χ0) is 27.4. The largest absolute Gasteiger partial charge is 0.379 e. The SMILES string of the molecule is O=c1c2[nH]c(CN3CCOCC3)cc2ncn1-c1cc(-c2ccc(F)cc2C(O)N2CC(F)C2)cc(C2CC2)n1. The Morgan fingerprint density at radius 1 is 1.12 bits per heavy atom. The Morgan fingerprint density at radius 2 is 1.93 bits per heavy atom. The van der Waals surface area contributed by atoms with Gasteiger partial charge in [-0.1, -0.05) is 6.07 Å². The average Bonchev–Trinajstić information content (AvgIpc) is 3.71. The number of fused-ring (bicyclic) bond motifs is 1. The van der Waals surface area contributed by atoms with Gasteiger partial charge in [-0.15, -0.1) is 0 Å². The predicted octanol–water partition coefficient (Wildman–Crippen LogP) is 3.27. The summed E-state index contributed by atoms with van der Waals surface area (Å²) in [6.07, 6.45) is 1.32. The average molecular weight is 549 g/mol. The van der Waals surface area contributed by atoms with E-state index in [1.54, 1.807) is 17.0 Å². The van der Waals surface area contributed by atoms with Crippen LogP contribution in [-0.4, -0.2) is 80.0 Å². The van der Waals surface area contributed by atoms with E-state index in [2.05, 4.69) is 14.9 Å². The lowest BCUT2D eigenvalue weighted by Gasteiger charge is -2.38. The van der Waals surface area contributed by atoms with E-state index in [4.69, 9.17) is 9.72 Å². The molecule has 1 aromatic carbocycles. The quantitative estimate of drug-likeness (QED) is 0.366. The van der Waals surface area contributed by atoms with Crippen molar-refractivity contribution in [2.75, 3.05) is 39.4 Å². The number of ether oxygens (including phenoxy) is 1. The number of hydrogen-bond acceptors (Lipinski definition) is 7. The Kier molecular flexibility index (Phi) is 6.46. The molecule has 7 rings (SSSR count). The topological polar surface area (TPSA) is 99.5 Å². The number of aromatic nitrogens is 4. The van der Waals surface area contributed by atoms with E-state index in [1.807, 2.05) is 12.1 Å². The van der Waals surface area contributed by atoms with E-state index in [-0.39, 0.29) is 24.6 Å². The molecule has 1 unspecified atom stereocenters. The molecule has 0 spiro atoms. The number of pyridine rings is 1. The monoisotopic (exact) mass is 548 g/mol. The fourth-order valence-corrected chi connectivity index (χ4v) is 5.57. The number of nitrogens with one attached hydrogen (secondary N) is 1. The van der Waals surface area contributed by atoms with E-state index in [9.17, 15) is 18.7 Å². The number of aromatic amines is 1. The Hall–Kier alpha value is -3.51. The molecule has 4 aromatic rings. The third-order valence-corrected chi connectivity index (χ3v) is 7.98. The minimum absolute atomic E-state index is 0.0940. The maximum absolute atomic E-state index is 14.3. The van der Waals surface area contributed by atoms with Crippen LogP contribution in [-0.2, 0) is 11.3 Å². The molecule has 1 saturated carbocycles. The van der Waals surface area contributed by atoms with Gasteiger partial charge in [0.25, 0.3) is 5.56 Å². The third kappa shape index (κ3) is 4.83. The number of aliphatic hydroxyl groups excluding tert-OH is 1. The van der Waals surface area contributed by atoms with Gasteiger partial charge < -0.3 is 14.8 Å². The minimum atomic E-state index is -1.15. The second-order valence-corrected chi connectivity index (χ2v) is 10.9. The van der Waals surface area contributed by atoms with Gasteiger partial charge in [0.15, 0.2) is 0 Å². The number of likely N-dealkylation sites (tertiary alicyclic amines) is 1. The van der Waals surface area contributed by atoms with Crippen LogP contribution in [0.25, 0.3) is 28.0 Å². The van der Waals surface area contributed by atoms with Gasteiger partial charge >= 0.3 is 0 Å². The van der Waals surface area contributed by atoms with Crippen LogP contribution in [0.2, 0.25) is 0 Å². The first-order chi connectivity index (χ1) is 19.4. The zero-order valence-corrected chi connectivity index (χ0v) is 21.9. The summed E-state index contributed by atoms with van der Waals surface area (Å²) in [6.45, 7) is 3.91. The van der Waals surface area contributed by atoms with Crippen LogP contribution in [0.15, 0.2) is 47.5 Å². The number of hydrogen-bond donors (Lipinski definition) is 2. The molecule has 5 heterocycles. The van der Waals surface area contributed by atoms with E-state index in [0.29, 0.717) is 53.3 Å². The van der Waals surface area contributed by atoms with Gasteiger partial charge in [0.2, 0.25) is 0 Å². The predicted molar refractivity (Wildman–Crippen MR) is 144 cm³/mol. The van der Waals surface area contributed by atoms with Crippen LogP contribution < -0.4 is 5.56 Å². The summed E-state index contributed by atoms with van der Waals surface area (Å²) in [4.78, 5) is 30.1. The smallest absolute Gasteiger partial charge is 0.283 e. The van der Waals surface area contributed by atoms with Gasteiger partial charge in [0.1, 0.15) is 35.9 Å². The molecule has 1 aliphatic carbocycles. The lowest BCUT2D eigenvalue weighted by molar-refractivity contribution is -0.0754. The van der Waals surface area contributed by atoms with Crippen molar-refractivity contribution < 1.29 is 18.6 Å². The molecule has 3 fully saturated rings. The standard InChI is InChI=1S/C29H30F2N6O3/c30-19-3-4-22(23(11-19)28(38)36-13-20(31)14-36)18-9-24(17-1-2-17)34-26(10-18)37-16-32-25-12-21(33-27(25)29(37)39)15-35-5-7-40-8-6-35/h3-4,9-12,16-17,20,28,33,38H,1-2,5-8,13-15H2. The highest BCUT2D eigenvalue weighted by Crippen LogP contribution is 2.42. The molecular weight excluding hydrogens is 518 g/mol. The van der Waals surface area contributed by atoms with Crippen LogP contribution in [0.1, 0.15) is 41.9 Å². The van der Waals surface area contributed by atoms with E-state index in [1.165, 1.54) is 23.0 Å². The Bertz CT molecular complexity index is 1620. The molecule has 11 heteroatoms. The summed E-state index contributed by atoms with van der Waals surface area (Å²) in [5.41, 5.74) is 4.13. The van der Waals surface area contributed by atoms with Crippen LogP contribution in [0.4, 0.5) is 8.78 Å². The van der Waals surface area contributed by atoms with Gasteiger partial charge in [0.05, 0.1) is 18.7 Å². The third-order valence-electron chi connectivity index (χ3n) is 7.98. The lowest BCUT2D eigenvalue weighted by atomic mass is 9.96. The molecule has 1 atom stereocenters. The van der Waals surface area contributed by atoms with Gasteiger partial charge in [-0.25, -0.2) is 23.3 Å². The number of H-pyrrole nitrogens is 1. The first-order valence-corrected chi connectivity index (χ1v) is 13.7. The van der Waals surface area contributed by atoms with Crippen LogP contribution in [0.5, 0.6) is 0 Å². The lowest BCUT2D eigenvalue weighted by Crippen LogP contribution is -2.50. The van der Waals surface area contributed by atoms with Gasteiger partial charge in [0, 0.05) is 55.6 Å². The van der Waals surface area contributed by atoms with Crippen molar-refractivity contribution in [1.82, 2.24) is 29.3 Å². The number of aliphatic hydroxyl groups is 1. The highest BCUT2D eigenvalue weighted by atomic mass is 19.1. The summed E-state index contributed by atoms with van der Waals surface area (Å²) >= 11 is 0. The Morgan fingerprint density at radius 3 is 2.67 bits per heavy atom. The molecule has 2 aliphatic heterocycles. The van der Waals surface area contributed by atoms with E-state index < -0.39 is 18.2 Å². The van der Waals surface area contributed by atoms with Crippen LogP contribution in [0.3, 0.4) is 0 Å². The van der Waals surface area contributed by atoms with E-state index in [0.717, 1.165) is 37.3 Å². The van der Waals surface area contributed by atoms with Crippen LogP contribution >= 0.6 is 0 Å². The van der Waals surface area contributed by atoms with Crippen LogP contribution in [0, 0.1) is 5.82 Å². The molecule has 3 aromatic heterocycles. The number of alkyl halides is 1. The highest BCUT2D eigenvalue weighted by Gasteiger charge is 2.34. The normalized spacial score (nSPS) is 19.7. The van der Waals surface area contributed by atoms with Crippen molar-refractivity contribution in [3.05, 3.63) is 75.8 Å². The molecular formula is C29H30F2N6O3. The Balaban J connectivity index is 1.28. The van der Waals surface area contributed by atoms with Crippen molar-refractivity contribution >= 4 is 11.0 Å². The number of nitrogens with zero attached hydrogens (tertiary/aromatic N) is 5. The van der Waals surface area contributed by atoms with Gasteiger partial charge in [-0.3, -0.25) is 14.6 Å². The summed E-state index contributed by atoms with van der Waals surface area (Å²) < 4.78 is 34.7. The number of halogens is 2. The van der Waals surface area contributed by atoms with Crippen molar-refractivity contribution in [3.8, 4) is 16.9 Å². The maximum atomic E-state index is 14.3. The van der Waals surface area contributed by atoms with Crippen molar-refractivity contribution in [2.24, 2.45) is 0 Å². The van der Waals surface area contributed by atoms with Crippen molar-refractivity contribution in [2.45, 2.75) is 37.7 Å². The summed E-state index contributed by atoms with van der Waals surface area (Å²) in [7, 11) is 0. The number of morpholine rings is 1.